The zero-order valence-corrected chi connectivity index (χ0v) is 38.3. The number of allylic oxidation sites excluding steroid dienone is 10. The number of unbranched alkanes of at least 4 members (excludes halogenated alkanes) is 21. The van der Waals surface area contributed by atoms with Gasteiger partial charge in [-0.15, -0.1) is 0 Å². The van der Waals surface area contributed by atoms with Gasteiger partial charge in [-0.1, -0.05) is 197 Å². The fourth-order valence-corrected chi connectivity index (χ4v) is 7.18. The van der Waals surface area contributed by atoms with E-state index in [4.69, 9.17) is 18.5 Å². The summed E-state index contributed by atoms with van der Waals surface area (Å²) in [5.41, 5.74) is 0. The third-order valence-corrected chi connectivity index (χ3v) is 10.9. The predicted molar refractivity (Wildman–Crippen MR) is 244 cm³/mol. The highest BCUT2D eigenvalue weighted by atomic mass is 31.2. The topological polar surface area (TPSA) is 108 Å². The summed E-state index contributed by atoms with van der Waals surface area (Å²) >= 11 is 0. The molecule has 0 aliphatic rings. The molecule has 336 valence electrons. The van der Waals surface area contributed by atoms with Gasteiger partial charge in [-0.2, -0.15) is 0 Å². The Morgan fingerprint density at radius 3 is 1.33 bits per heavy atom. The Balaban J connectivity index is 4.08. The molecule has 0 radical (unpaired) electrons. The fraction of sp³-hybridized carbons (Fsp3) is 0.755. The lowest BCUT2D eigenvalue weighted by molar-refractivity contribution is -0.161. The maximum absolute atomic E-state index is 12.6. The average molecular weight is 835 g/mol. The summed E-state index contributed by atoms with van der Waals surface area (Å²) in [6.45, 7) is 5.34. The number of hydrogen-bond acceptors (Lipinski definition) is 7. The molecule has 0 aromatic carbocycles. The molecule has 0 rings (SSSR count). The predicted octanol–water partition coefficient (Wildman–Crippen LogP) is 15.1. The van der Waals surface area contributed by atoms with Crippen LogP contribution in [0.5, 0.6) is 0 Å². The van der Waals surface area contributed by atoms with Gasteiger partial charge in [-0.25, -0.2) is 4.57 Å². The first-order valence-corrected chi connectivity index (χ1v) is 25.1. The molecule has 0 aliphatic heterocycles. The molecule has 0 saturated heterocycles. The second-order valence-electron chi connectivity index (χ2n) is 15.4. The van der Waals surface area contributed by atoms with E-state index < -0.39 is 26.5 Å². The van der Waals surface area contributed by atoms with Crippen molar-refractivity contribution in [2.75, 3.05) is 19.8 Å². The highest BCUT2D eigenvalue weighted by Gasteiger charge is 2.25. The van der Waals surface area contributed by atoms with Crippen molar-refractivity contribution in [2.45, 2.75) is 219 Å². The van der Waals surface area contributed by atoms with Crippen molar-refractivity contribution in [3.05, 3.63) is 60.8 Å². The molecule has 0 fully saturated rings. The first-order chi connectivity index (χ1) is 28.3. The lowest BCUT2D eigenvalue weighted by atomic mass is 10.0. The average Bonchev–Trinajstić information content (AvgIpc) is 3.20. The molecular formula is C49H87O8P. The Hall–Kier alpha value is -2.25. The van der Waals surface area contributed by atoms with Crippen LogP contribution in [0.2, 0.25) is 0 Å². The fourth-order valence-electron chi connectivity index (χ4n) is 6.42. The molecule has 9 heteroatoms. The third-order valence-electron chi connectivity index (χ3n) is 9.84. The van der Waals surface area contributed by atoms with Gasteiger partial charge in [0.15, 0.2) is 6.10 Å². The molecule has 8 nitrogen and oxygen atoms in total. The van der Waals surface area contributed by atoms with E-state index in [1.807, 2.05) is 0 Å². The van der Waals surface area contributed by atoms with Gasteiger partial charge in [0.25, 0.3) is 0 Å². The number of phosphoric ester groups is 1. The number of carbonyl (C=O) groups excluding carboxylic acids is 2. The molecule has 0 saturated carbocycles. The number of rotatable bonds is 43. The largest absolute Gasteiger partial charge is 0.472 e. The van der Waals surface area contributed by atoms with E-state index in [2.05, 4.69) is 74.6 Å². The zero-order chi connectivity index (χ0) is 42.5. The van der Waals surface area contributed by atoms with Crippen molar-refractivity contribution in [3.8, 4) is 0 Å². The van der Waals surface area contributed by atoms with Gasteiger partial charge in [0.05, 0.1) is 13.2 Å². The molecule has 2 atom stereocenters. The van der Waals surface area contributed by atoms with Crippen molar-refractivity contribution in [1.29, 1.82) is 0 Å². The van der Waals surface area contributed by atoms with Crippen LogP contribution in [0.25, 0.3) is 0 Å². The second-order valence-corrected chi connectivity index (χ2v) is 16.9. The van der Waals surface area contributed by atoms with Gasteiger partial charge >= 0.3 is 19.8 Å². The molecule has 58 heavy (non-hydrogen) atoms. The maximum atomic E-state index is 12.6. The SMILES string of the molecule is CC/C=C\C/C=C\C/C=C\C/C=C\C/C=C\CCCCCC(=O)OC(COC(=O)CCCCCCCCCCCCCCCCCCCCC)COP(=O)(O)OCC. The molecule has 1 N–H and O–H groups in total. The van der Waals surface area contributed by atoms with Crippen LogP contribution in [-0.4, -0.2) is 42.8 Å². The molecule has 0 bridgehead atoms. The van der Waals surface area contributed by atoms with Crippen LogP contribution in [0, 0.1) is 0 Å². The van der Waals surface area contributed by atoms with E-state index in [1.54, 1.807) is 6.92 Å². The van der Waals surface area contributed by atoms with E-state index in [1.165, 1.54) is 103 Å². The van der Waals surface area contributed by atoms with Crippen LogP contribution in [0.15, 0.2) is 60.8 Å². The molecular weight excluding hydrogens is 748 g/mol. The minimum atomic E-state index is -4.29. The highest BCUT2D eigenvalue weighted by molar-refractivity contribution is 7.47. The minimum absolute atomic E-state index is 0.00766. The van der Waals surface area contributed by atoms with Crippen molar-refractivity contribution < 1.29 is 37.6 Å². The molecule has 0 aromatic rings. The lowest BCUT2D eigenvalue weighted by Gasteiger charge is -2.19. The number of carbonyl (C=O) groups is 2. The molecule has 2 unspecified atom stereocenters. The van der Waals surface area contributed by atoms with Crippen molar-refractivity contribution in [2.24, 2.45) is 0 Å². The smallest absolute Gasteiger partial charge is 0.462 e. The molecule has 0 heterocycles. The summed E-state index contributed by atoms with van der Waals surface area (Å²) in [6, 6.07) is 0. The molecule has 0 aromatic heterocycles. The summed E-state index contributed by atoms with van der Waals surface area (Å²) in [7, 11) is -4.29. The summed E-state index contributed by atoms with van der Waals surface area (Å²) in [6.07, 6.45) is 54.2. The third kappa shape index (κ3) is 43.3. The van der Waals surface area contributed by atoms with Gasteiger partial charge < -0.3 is 14.4 Å². The quantitative estimate of drug-likeness (QED) is 0.0280. The van der Waals surface area contributed by atoms with Gasteiger partial charge in [0.1, 0.15) is 6.61 Å². The van der Waals surface area contributed by atoms with Crippen LogP contribution < -0.4 is 0 Å². The Kier molecular flexibility index (Phi) is 42.6. The molecule has 0 aliphatic carbocycles. The van der Waals surface area contributed by atoms with Crippen LogP contribution in [0.4, 0.5) is 0 Å². The summed E-state index contributed by atoms with van der Waals surface area (Å²) < 4.78 is 32.7. The lowest BCUT2D eigenvalue weighted by Crippen LogP contribution is -2.29. The number of phosphoric acid groups is 1. The van der Waals surface area contributed by atoms with Gasteiger partial charge in [-0.05, 0) is 64.7 Å². The van der Waals surface area contributed by atoms with Crippen molar-refractivity contribution >= 4 is 19.8 Å². The number of esters is 2. The standard InChI is InChI=1S/C49H87O8P/c1-4-7-9-11-13-15-17-19-21-23-25-27-29-31-33-35-37-39-41-43-48(50)54-45-47(46-56-58(52,53)55-6-3)57-49(51)44-42-40-38-36-34-32-30-28-26-24-22-20-18-16-14-12-10-8-5-2/h8,10,14,16,20,22,26,28,32,34,47H,4-7,9,11-13,15,17-19,21,23-25,27,29-31,33,35-46H2,1-3H3,(H,52,53)/b10-8-,16-14-,22-20-,28-26-,34-32-. The number of ether oxygens (including phenoxy) is 2. The van der Waals surface area contributed by atoms with Gasteiger partial charge in [0.2, 0.25) is 0 Å². The highest BCUT2D eigenvalue weighted by Crippen LogP contribution is 2.43. The zero-order valence-electron chi connectivity index (χ0n) is 37.4. The van der Waals surface area contributed by atoms with E-state index in [0.29, 0.717) is 6.42 Å². The maximum Gasteiger partial charge on any atom is 0.472 e. The van der Waals surface area contributed by atoms with E-state index in [0.717, 1.165) is 70.6 Å². The Bertz CT molecular complexity index is 1130. The van der Waals surface area contributed by atoms with E-state index in [-0.39, 0.29) is 32.0 Å². The normalized spacial score (nSPS) is 13.8. The van der Waals surface area contributed by atoms with Gasteiger partial charge in [-0.3, -0.25) is 18.6 Å². The van der Waals surface area contributed by atoms with Crippen LogP contribution in [0.1, 0.15) is 213 Å². The van der Waals surface area contributed by atoms with E-state index >= 15 is 0 Å². The van der Waals surface area contributed by atoms with Crippen LogP contribution in [0.3, 0.4) is 0 Å². The van der Waals surface area contributed by atoms with Crippen molar-refractivity contribution in [3.63, 3.8) is 0 Å². The Morgan fingerprint density at radius 1 is 0.483 bits per heavy atom. The summed E-state index contributed by atoms with van der Waals surface area (Å²) in [4.78, 5) is 34.8. The summed E-state index contributed by atoms with van der Waals surface area (Å²) in [5, 5.41) is 0. The Labute approximate surface area is 356 Å². The van der Waals surface area contributed by atoms with Gasteiger partial charge in [0, 0.05) is 12.8 Å². The van der Waals surface area contributed by atoms with Crippen LogP contribution in [-0.2, 0) is 32.7 Å². The second kappa shape index (κ2) is 44.3. The first kappa shape index (κ1) is 55.8. The van der Waals surface area contributed by atoms with E-state index in [9.17, 15) is 19.0 Å². The molecule has 0 spiro atoms. The number of hydrogen-bond donors (Lipinski definition) is 1. The molecule has 0 amide bonds. The van der Waals surface area contributed by atoms with Crippen LogP contribution >= 0.6 is 7.82 Å². The van der Waals surface area contributed by atoms with Crippen molar-refractivity contribution in [1.82, 2.24) is 0 Å². The first-order valence-electron chi connectivity index (χ1n) is 23.6. The Morgan fingerprint density at radius 2 is 0.879 bits per heavy atom. The monoisotopic (exact) mass is 835 g/mol. The summed E-state index contributed by atoms with van der Waals surface area (Å²) in [5.74, 6) is -0.831. The minimum Gasteiger partial charge on any atom is -0.462 e.